The molecule has 4 rings (SSSR count). The Labute approximate surface area is 197 Å². The van der Waals surface area contributed by atoms with Crippen LogP contribution in [0.15, 0.2) is 72.4 Å². The number of methoxy groups -OCH3 is 1. The fourth-order valence-electron chi connectivity index (χ4n) is 3.73. The molecule has 6 nitrogen and oxygen atoms in total. The van der Waals surface area contributed by atoms with Gasteiger partial charge in [0, 0.05) is 10.7 Å². The number of halogens is 1. The number of carbonyl (C=O) groups excluding carboxylic acids is 2. The lowest BCUT2D eigenvalue weighted by Gasteiger charge is -2.18. The fraction of sp³-hybridized carbons (Fsp3) is 0.154. The molecule has 3 aromatic carbocycles. The van der Waals surface area contributed by atoms with Gasteiger partial charge in [-0.05, 0) is 67.4 Å². The molecule has 0 unspecified atom stereocenters. The number of amides is 2. The summed E-state index contributed by atoms with van der Waals surface area (Å²) in [4.78, 5) is 28.4. The third kappa shape index (κ3) is 4.30. The van der Waals surface area contributed by atoms with Crippen LogP contribution in [0.1, 0.15) is 18.1 Å². The van der Waals surface area contributed by atoms with Gasteiger partial charge in [-0.2, -0.15) is 0 Å². The number of rotatable bonds is 7. The summed E-state index contributed by atoms with van der Waals surface area (Å²) < 4.78 is 10.9. The Bertz CT molecular complexity index is 1250. The molecule has 168 valence electrons. The van der Waals surface area contributed by atoms with Crippen LogP contribution >= 0.6 is 11.6 Å². The average molecular weight is 463 g/mol. The van der Waals surface area contributed by atoms with Gasteiger partial charge < -0.3 is 14.8 Å². The van der Waals surface area contributed by atoms with Crippen LogP contribution in [0.4, 0.5) is 11.4 Å². The van der Waals surface area contributed by atoms with Crippen molar-refractivity contribution in [3.8, 4) is 11.5 Å². The lowest BCUT2D eigenvalue weighted by Crippen LogP contribution is -2.32. The van der Waals surface area contributed by atoms with E-state index in [2.05, 4.69) is 5.32 Å². The SMILES string of the molecule is CCOc1ccc(C2=C(Nc3ccc(Cl)cc3C)C(=O)N(c3ccccc3OC)C2=O)cc1. The molecule has 33 heavy (non-hydrogen) atoms. The second-order valence-corrected chi connectivity index (χ2v) is 7.85. The molecule has 0 saturated carbocycles. The molecule has 2 amide bonds. The molecule has 0 aliphatic carbocycles. The molecule has 1 heterocycles. The number of aryl methyl sites for hydroxylation is 1. The van der Waals surface area contributed by atoms with Gasteiger partial charge in [0.05, 0.1) is 25.0 Å². The maximum Gasteiger partial charge on any atom is 0.282 e. The molecule has 0 fully saturated rings. The predicted molar refractivity (Wildman–Crippen MR) is 130 cm³/mol. The van der Waals surface area contributed by atoms with Crippen molar-refractivity contribution in [2.45, 2.75) is 13.8 Å². The predicted octanol–water partition coefficient (Wildman–Crippen LogP) is 5.45. The van der Waals surface area contributed by atoms with Crippen LogP contribution < -0.4 is 19.7 Å². The monoisotopic (exact) mass is 462 g/mol. The Balaban J connectivity index is 1.83. The van der Waals surface area contributed by atoms with Gasteiger partial charge in [0.2, 0.25) is 0 Å². The van der Waals surface area contributed by atoms with Crippen molar-refractivity contribution < 1.29 is 19.1 Å². The summed E-state index contributed by atoms with van der Waals surface area (Å²) in [7, 11) is 1.50. The smallest absolute Gasteiger partial charge is 0.282 e. The second kappa shape index (κ2) is 9.38. The molecule has 1 N–H and O–H groups in total. The molecule has 1 aliphatic heterocycles. The summed E-state index contributed by atoms with van der Waals surface area (Å²) >= 11 is 6.09. The van der Waals surface area contributed by atoms with Crippen LogP contribution in [-0.2, 0) is 9.59 Å². The number of nitrogens with one attached hydrogen (secondary N) is 1. The minimum absolute atomic E-state index is 0.181. The van der Waals surface area contributed by atoms with Gasteiger partial charge in [0.1, 0.15) is 17.2 Å². The first-order valence-corrected chi connectivity index (χ1v) is 10.8. The Kier molecular flexibility index (Phi) is 6.38. The van der Waals surface area contributed by atoms with Crippen LogP contribution in [0.2, 0.25) is 5.02 Å². The van der Waals surface area contributed by atoms with Gasteiger partial charge in [0.15, 0.2) is 0 Å². The zero-order valence-corrected chi connectivity index (χ0v) is 19.3. The molecule has 0 radical (unpaired) electrons. The number of para-hydroxylation sites is 2. The van der Waals surface area contributed by atoms with E-state index < -0.39 is 11.8 Å². The number of hydrogen-bond donors (Lipinski definition) is 1. The Hall–Kier alpha value is -3.77. The summed E-state index contributed by atoms with van der Waals surface area (Å²) in [5.74, 6) is 0.197. The van der Waals surface area contributed by atoms with Crippen molar-refractivity contribution in [2.24, 2.45) is 0 Å². The van der Waals surface area contributed by atoms with E-state index in [1.54, 1.807) is 66.7 Å². The quantitative estimate of drug-likeness (QED) is 0.473. The number of ether oxygens (including phenoxy) is 2. The van der Waals surface area contributed by atoms with Gasteiger partial charge in [-0.15, -0.1) is 0 Å². The number of nitrogens with zero attached hydrogens (tertiary/aromatic N) is 1. The zero-order chi connectivity index (χ0) is 23.5. The molecule has 0 spiro atoms. The highest BCUT2D eigenvalue weighted by Gasteiger charge is 2.41. The lowest BCUT2D eigenvalue weighted by molar-refractivity contribution is -0.120. The minimum atomic E-state index is -0.470. The molecule has 0 aromatic heterocycles. The van der Waals surface area contributed by atoms with Crippen LogP contribution in [0.5, 0.6) is 11.5 Å². The van der Waals surface area contributed by atoms with Crippen molar-refractivity contribution in [3.05, 3.63) is 88.6 Å². The molecular formula is C26H23ClN2O4. The van der Waals surface area contributed by atoms with E-state index in [-0.39, 0.29) is 11.3 Å². The number of hydrogen-bond acceptors (Lipinski definition) is 5. The molecule has 0 saturated heterocycles. The van der Waals surface area contributed by atoms with E-state index in [0.717, 1.165) is 10.5 Å². The standard InChI is InChI=1S/C26H23ClN2O4/c1-4-33-19-12-9-17(10-13-19)23-24(28-20-14-11-18(27)15-16(20)2)26(31)29(25(23)30)21-7-5-6-8-22(21)32-3/h5-15,28H,4H2,1-3H3. The van der Waals surface area contributed by atoms with Crippen molar-refractivity contribution in [1.29, 1.82) is 0 Å². The highest BCUT2D eigenvalue weighted by atomic mass is 35.5. The Morgan fingerprint density at radius 1 is 0.970 bits per heavy atom. The van der Waals surface area contributed by atoms with Crippen LogP contribution in [-0.4, -0.2) is 25.5 Å². The number of benzene rings is 3. The van der Waals surface area contributed by atoms with Gasteiger partial charge in [0.25, 0.3) is 11.8 Å². The summed E-state index contributed by atoms with van der Waals surface area (Å²) in [6, 6.07) is 19.3. The second-order valence-electron chi connectivity index (χ2n) is 7.41. The van der Waals surface area contributed by atoms with Gasteiger partial charge in [-0.1, -0.05) is 35.9 Å². The summed E-state index contributed by atoms with van der Waals surface area (Å²) in [6.45, 7) is 4.31. The molecule has 3 aromatic rings. The highest BCUT2D eigenvalue weighted by Crippen LogP contribution is 2.38. The van der Waals surface area contributed by atoms with E-state index in [1.165, 1.54) is 7.11 Å². The van der Waals surface area contributed by atoms with Gasteiger partial charge in [-0.3, -0.25) is 9.59 Å². The first-order chi connectivity index (χ1) is 15.9. The largest absolute Gasteiger partial charge is 0.495 e. The number of anilines is 2. The third-order valence-electron chi connectivity index (χ3n) is 5.31. The van der Waals surface area contributed by atoms with E-state index in [0.29, 0.717) is 40.1 Å². The normalized spacial score (nSPS) is 13.5. The molecule has 1 aliphatic rings. The molecule has 7 heteroatoms. The maximum absolute atomic E-state index is 13.6. The first kappa shape index (κ1) is 22.4. The number of carbonyl (C=O) groups is 2. The lowest BCUT2D eigenvalue weighted by atomic mass is 10.0. The van der Waals surface area contributed by atoms with Crippen molar-refractivity contribution in [2.75, 3.05) is 23.9 Å². The third-order valence-corrected chi connectivity index (χ3v) is 5.55. The summed E-state index contributed by atoms with van der Waals surface area (Å²) in [5, 5.41) is 3.77. The fourth-order valence-corrected chi connectivity index (χ4v) is 3.96. The Morgan fingerprint density at radius 3 is 2.36 bits per heavy atom. The summed E-state index contributed by atoms with van der Waals surface area (Å²) in [6.07, 6.45) is 0. The van der Waals surface area contributed by atoms with Crippen LogP contribution in [0.25, 0.3) is 5.57 Å². The van der Waals surface area contributed by atoms with E-state index in [4.69, 9.17) is 21.1 Å². The van der Waals surface area contributed by atoms with Crippen molar-refractivity contribution >= 4 is 40.4 Å². The minimum Gasteiger partial charge on any atom is -0.495 e. The maximum atomic E-state index is 13.6. The first-order valence-electron chi connectivity index (χ1n) is 10.5. The number of imide groups is 1. The Morgan fingerprint density at radius 2 is 1.70 bits per heavy atom. The average Bonchev–Trinajstić information content (AvgIpc) is 3.05. The zero-order valence-electron chi connectivity index (χ0n) is 18.5. The van der Waals surface area contributed by atoms with Crippen molar-refractivity contribution in [1.82, 2.24) is 0 Å². The van der Waals surface area contributed by atoms with Crippen LogP contribution in [0.3, 0.4) is 0 Å². The topological polar surface area (TPSA) is 67.9 Å². The molecule has 0 atom stereocenters. The van der Waals surface area contributed by atoms with E-state index in [1.807, 2.05) is 13.8 Å². The van der Waals surface area contributed by atoms with E-state index >= 15 is 0 Å². The summed E-state index contributed by atoms with van der Waals surface area (Å²) in [5.41, 5.74) is 2.95. The van der Waals surface area contributed by atoms with Crippen molar-refractivity contribution in [3.63, 3.8) is 0 Å². The van der Waals surface area contributed by atoms with E-state index in [9.17, 15) is 9.59 Å². The molecular weight excluding hydrogens is 440 g/mol. The van der Waals surface area contributed by atoms with Crippen LogP contribution in [0, 0.1) is 6.92 Å². The molecule has 0 bridgehead atoms. The van der Waals surface area contributed by atoms with Gasteiger partial charge >= 0.3 is 0 Å². The highest BCUT2D eigenvalue weighted by molar-refractivity contribution is 6.46. The van der Waals surface area contributed by atoms with Gasteiger partial charge in [-0.25, -0.2) is 4.90 Å².